The highest BCUT2D eigenvalue weighted by Crippen LogP contribution is 2.24. The molecule has 0 atom stereocenters. The number of aryl methyl sites for hydroxylation is 1. The standard InChI is InChI=1S/C14H14N6O/c1-20-9-11(8-16-20)21-13-7-12(19-15)17-14(18-13)10-5-3-2-4-6-10/h2-9H,15H2,1H3,(H,17,18,19). The minimum Gasteiger partial charge on any atom is -0.436 e. The fourth-order valence-corrected chi connectivity index (χ4v) is 1.84. The molecule has 7 nitrogen and oxygen atoms in total. The molecular formula is C14H14N6O. The van der Waals surface area contributed by atoms with Gasteiger partial charge in [-0.1, -0.05) is 30.3 Å². The van der Waals surface area contributed by atoms with Gasteiger partial charge in [-0.05, 0) is 0 Å². The number of nitrogens with two attached hydrogens (primary N) is 1. The maximum Gasteiger partial charge on any atom is 0.225 e. The zero-order valence-electron chi connectivity index (χ0n) is 11.4. The predicted molar refractivity (Wildman–Crippen MR) is 78.6 cm³/mol. The van der Waals surface area contributed by atoms with E-state index in [0.29, 0.717) is 23.3 Å². The van der Waals surface area contributed by atoms with Gasteiger partial charge < -0.3 is 10.2 Å². The molecule has 0 amide bonds. The van der Waals surface area contributed by atoms with Crippen molar-refractivity contribution in [1.29, 1.82) is 0 Å². The Labute approximate surface area is 121 Å². The van der Waals surface area contributed by atoms with Crippen molar-refractivity contribution in [3.05, 3.63) is 48.8 Å². The summed E-state index contributed by atoms with van der Waals surface area (Å²) in [5.41, 5.74) is 3.40. The van der Waals surface area contributed by atoms with Crippen molar-refractivity contribution in [2.45, 2.75) is 0 Å². The summed E-state index contributed by atoms with van der Waals surface area (Å²) < 4.78 is 7.32. The van der Waals surface area contributed by atoms with Crippen LogP contribution in [-0.2, 0) is 7.05 Å². The number of nitrogen functional groups attached to an aromatic ring is 1. The molecule has 0 saturated carbocycles. The summed E-state index contributed by atoms with van der Waals surface area (Å²) in [6.07, 6.45) is 3.36. The van der Waals surface area contributed by atoms with Gasteiger partial charge >= 0.3 is 0 Å². The van der Waals surface area contributed by atoms with Gasteiger partial charge in [0.25, 0.3) is 0 Å². The Morgan fingerprint density at radius 3 is 2.67 bits per heavy atom. The molecule has 2 aromatic heterocycles. The Hall–Kier alpha value is -2.93. The Morgan fingerprint density at radius 1 is 1.19 bits per heavy atom. The number of nitrogens with one attached hydrogen (secondary N) is 1. The number of rotatable bonds is 4. The number of ether oxygens (including phenoxy) is 1. The van der Waals surface area contributed by atoms with Crippen LogP contribution in [0.15, 0.2) is 48.8 Å². The third-order valence-electron chi connectivity index (χ3n) is 2.79. The number of hydrogen-bond donors (Lipinski definition) is 2. The summed E-state index contributed by atoms with van der Waals surface area (Å²) >= 11 is 0. The number of hydrazine groups is 1. The van der Waals surface area contributed by atoms with Crippen LogP contribution in [0.5, 0.6) is 11.6 Å². The first-order chi connectivity index (χ1) is 10.2. The third kappa shape index (κ3) is 2.98. The molecule has 0 bridgehead atoms. The van der Waals surface area contributed by atoms with E-state index < -0.39 is 0 Å². The average molecular weight is 282 g/mol. The van der Waals surface area contributed by atoms with Crippen LogP contribution in [0.25, 0.3) is 11.4 Å². The molecule has 106 valence electrons. The molecule has 3 rings (SSSR count). The molecule has 0 spiro atoms. The molecule has 0 aliphatic heterocycles. The Kier molecular flexibility index (Phi) is 3.48. The maximum atomic E-state index is 5.67. The zero-order chi connectivity index (χ0) is 14.7. The first kappa shape index (κ1) is 13.1. The predicted octanol–water partition coefficient (Wildman–Crippen LogP) is 1.95. The molecule has 0 fully saturated rings. The zero-order valence-corrected chi connectivity index (χ0v) is 11.4. The monoisotopic (exact) mass is 282 g/mol. The van der Waals surface area contributed by atoms with Gasteiger partial charge in [0.2, 0.25) is 5.88 Å². The summed E-state index contributed by atoms with van der Waals surface area (Å²) in [7, 11) is 1.81. The summed E-state index contributed by atoms with van der Waals surface area (Å²) in [5, 5.41) is 4.04. The van der Waals surface area contributed by atoms with E-state index in [4.69, 9.17) is 10.6 Å². The quantitative estimate of drug-likeness (QED) is 0.561. The molecule has 2 heterocycles. The first-order valence-electron chi connectivity index (χ1n) is 6.32. The number of aromatic nitrogens is 4. The van der Waals surface area contributed by atoms with Gasteiger partial charge in [-0.25, -0.2) is 10.8 Å². The topological polar surface area (TPSA) is 90.9 Å². The lowest BCUT2D eigenvalue weighted by atomic mass is 10.2. The van der Waals surface area contributed by atoms with Crippen LogP contribution in [-0.4, -0.2) is 19.7 Å². The molecule has 0 aliphatic rings. The SMILES string of the molecule is Cn1cc(Oc2cc(NN)nc(-c3ccccc3)n2)cn1. The Morgan fingerprint density at radius 2 is 2.00 bits per heavy atom. The molecule has 0 unspecified atom stereocenters. The molecule has 3 N–H and O–H groups in total. The van der Waals surface area contributed by atoms with Crippen LogP contribution in [0.1, 0.15) is 0 Å². The van der Waals surface area contributed by atoms with E-state index in [2.05, 4.69) is 20.5 Å². The van der Waals surface area contributed by atoms with Gasteiger partial charge in [0.15, 0.2) is 11.6 Å². The molecule has 7 heteroatoms. The summed E-state index contributed by atoms with van der Waals surface area (Å²) in [6, 6.07) is 11.2. The number of hydrogen-bond acceptors (Lipinski definition) is 6. The minimum absolute atomic E-state index is 0.393. The van der Waals surface area contributed by atoms with Crippen molar-refractivity contribution in [2.75, 3.05) is 5.43 Å². The average Bonchev–Trinajstić information content (AvgIpc) is 2.93. The van der Waals surface area contributed by atoms with E-state index in [1.165, 1.54) is 0 Å². The number of nitrogens with zero attached hydrogens (tertiary/aromatic N) is 4. The van der Waals surface area contributed by atoms with E-state index in [0.717, 1.165) is 5.56 Å². The fraction of sp³-hybridized carbons (Fsp3) is 0.0714. The second kappa shape index (κ2) is 5.59. The molecule has 3 aromatic rings. The van der Waals surface area contributed by atoms with Crippen molar-refractivity contribution < 1.29 is 4.74 Å². The van der Waals surface area contributed by atoms with Gasteiger partial charge in [-0.3, -0.25) is 4.68 Å². The minimum atomic E-state index is 0.393. The molecule has 0 radical (unpaired) electrons. The van der Waals surface area contributed by atoms with Crippen molar-refractivity contribution in [2.24, 2.45) is 12.9 Å². The summed E-state index contributed by atoms with van der Waals surface area (Å²) in [6.45, 7) is 0. The summed E-state index contributed by atoms with van der Waals surface area (Å²) in [4.78, 5) is 8.71. The third-order valence-corrected chi connectivity index (χ3v) is 2.79. The highest BCUT2D eigenvalue weighted by molar-refractivity contribution is 5.58. The van der Waals surface area contributed by atoms with Crippen LogP contribution in [0, 0.1) is 0 Å². The lowest BCUT2D eigenvalue weighted by Crippen LogP contribution is -2.09. The van der Waals surface area contributed by atoms with Crippen LogP contribution in [0.4, 0.5) is 5.82 Å². The van der Waals surface area contributed by atoms with E-state index >= 15 is 0 Å². The molecule has 21 heavy (non-hydrogen) atoms. The highest BCUT2D eigenvalue weighted by atomic mass is 16.5. The van der Waals surface area contributed by atoms with E-state index in [9.17, 15) is 0 Å². The van der Waals surface area contributed by atoms with Crippen molar-refractivity contribution in [3.8, 4) is 23.0 Å². The van der Waals surface area contributed by atoms with Crippen molar-refractivity contribution in [1.82, 2.24) is 19.7 Å². The molecule has 0 aliphatic carbocycles. The molecular weight excluding hydrogens is 268 g/mol. The largest absolute Gasteiger partial charge is 0.436 e. The van der Waals surface area contributed by atoms with E-state index in [1.807, 2.05) is 37.4 Å². The van der Waals surface area contributed by atoms with Gasteiger partial charge in [-0.15, -0.1) is 0 Å². The van der Waals surface area contributed by atoms with Crippen LogP contribution >= 0.6 is 0 Å². The second-order valence-corrected chi connectivity index (χ2v) is 4.38. The normalized spacial score (nSPS) is 10.4. The van der Waals surface area contributed by atoms with Gasteiger partial charge in [0.05, 0.1) is 12.4 Å². The first-order valence-corrected chi connectivity index (χ1v) is 6.32. The van der Waals surface area contributed by atoms with Gasteiger partial charge in [0.1, 0.15) is 5.82 Å². The number of anilines is 1. The number of benzene rings is 1. The van der Waals surface area contributed by atoms with E-state index in [-0.39, 0.29) is 0 Å². The highest BCUT2D eigenvalue weighted by Gasteiger charge is 2.08. The van der Waals surface area contributed by atoms with Gasteiger partial charge in [-0.2, -0.15) is 10.1 Å². The Bertz CT molecular complexity index is 740. The van der Waals surface area contributed by atoms with Crippen LogP contribution in [0.3, 0.4) is 0 Å². The molecule has 1 aromatic carbocycles. The van der Waals surface area contributed by atoms with Crippen LogP contribution < -0.4 is 16.0 Å². The lowest BCUT2D eigenvalue weighted by Gasteiger charge is -2.07. The van der Waals surface area contributed by atoms with Gasteiger partial charge in [0, 0.05) is 18.7 Å². The summed E-state index contributed by atoms with van der Waals surface area (Å²) in [5.74, 6) is 7.45. The van der Waals surface area contributed by atoms with Crippen molar-refractivity contribution >= 4 is 5.82 Å². The molecule has 0 saturated heterocycles. The fourth-order valence-electron chi connectivity index (χ4n) is 1.84. The van der Waals surface area contributed by atoms with Crippen molar-refractivity contribution in [3.63, 3.8) is 0 Å². The second-order valence-electron chi connectivity index (χ2n) is 4.38. The Balaban J connectivity index is 1.97. The smallest absolute Gasteiger partial charge is 0.225 e. The lowest BCUT2D eigenvalue weighted by molar-refractivity contribution is 0.462. The maximum absolute atomic E-state index is 5.67. The van der Waals surface area contributed by atoms with E-state index in [1.54, 1.807) is 23.1 Å². The van der Waals surface area contributed by atoms with Crippen LogP contribution in [0.2, 0.25) is 0 Å².